The highest BCUT2D eigenvalue weighted by atomic mass is 32.2. The molecule has 8 heteroatoms. The molecular weight excluding hydrogens is 354 g/mol. The molecule has 7 nitrogen and oxygen atoms in total. The van der Waals surface area contributed by atoms with Gasteiger partial charge in [-0.25, -0.2) is 8.42 Å². The van der Waals surface area contributed by atoms with E-state index in [1.807, 2.05) is 13.8 Å². The number of benzene rings is 1. The summed E-state index contributed by atoms with van der Waals surface area (Å²) in [5.74, 6) is -1.04. The number of primary amides is 1. The first-order valence-corrected chi connectivity index (χ1v) is 10.5. The van der Waals surface area contributed by atoms with E-state index in [4.69, 9.17) is 5.73 Å². The molecule has 0 radical (unpaired) electrons. The summed E-state index contributed by atoms with van der Waals surface area (Å²) in [4.78, 5) is 26.2. The van der Waals surface area contributed by atoms with Crippen molar-refractivity contribution in [3.63, 3.8) is 0 Å². The van der Waals surface area contributed by atoms with E-state index in [-0.39, 0.29) is 21.9 Å². The molecule has 0 saturated carbocycles. The summed E-state index contributed by atoms with van der Waals surface area (Å²) in [5, 5.41) is 0. The lowest BCUT2D eigenvalue weighted by Crippen LogP contribution is -2.33. The number of sulfonamides is 1. The summed E-state index contributed by atoms with van der Waals surface area (Å²) in [6.45, 7) is 5.98. The van der Waals surface area contributed by atoms with Gasteiger partial charge in [0, 0.05) is 37.3 Å². The Balaban J connectivity index is 2.48. The molecule has 0 bridgehead atoms. The van der Waals surface area contributed by atoms with Crippen molar-refractivity contribution >= 4 is 21.8 Å². The monoisotopic (exact) mass is 381 g/mol. The minimum Gasteiger partial charge on any atom is -0.366 e. The van der Waals surface area contributed by atoms with Gasteiger partial charge in [0.2, 0.25) is 15.9 Å². The summed E-state index contributed by atoms with van der Waals surface area (Å²) in [7, 11) is -3.75. The lowest BCUT2D eigenvalue weighted by Gasteiger charge is -2.22. The molecule has 1 fully saturated rings. The highest BCUT2D eigenvalue weighted by Crippen LogP contribution is 2.24. The van der Waals surface area contributed by atoms with Crippen LogP contribution in [-0.2, 0) is 10.0 Å². The Morgan fingerprint density at radius 1 is 1.04 bits per heavy atom. The predicted molar refractivity (Wildman–Crippen MR) is 99.4 cm³/mol. The molecule has 1 aromatic carbocycles. The third kappa shape index (κ3) is 4.42. The summed E-state index contributed by atoms with van der Waals surface area (Å²) in [5.41, 5.74) is 5.58. The van der Waals surface area contributed by atoms with Gasteiger partial charge in [-0.3, -0.25) is 9.59 Å². The highest BCUT2D eigenvalue weighted by Gasteiger charge is 2.29. The number of nitrogens with zero attached hydrogens (tertiary/aromatic N) is 2. The average Bonchev–Trinajstić information content (AvgIpc) is 3.16. The van der Waals surface area contributed by atoms with Crippen LogP contribution in [0.25, 0.3) is 0 Å². The topological polar surface area (TPSA) is 101 Å². The van der Waals surface area contributed by atoms with Crippen molar-refractivity contribution in [2.75, 3.05) is 26.2 Å². The van der Waals surface area contributed by atoms with Crippen LogP contribution in [0.1, 0.15) is 60.2 Å². The second kappa shape index (κ2) is 8.64. The molecule has 0 atom stereocenters. The number of carbonyl (C=O) groups excluding carboxylic acids is 2. The van der Waals surface area contributed by atoms with Crippen molar-refractivity contribution in [2.24, 2.45) is 5.73 Å². The Kier molecular flexibility index (Phi) is 6.77. The second-order valence-electron chi connectivity index (χ2n) is 6.51. The van der Waals surface area contributed by atoms with E-state index in [0.717, 1.165) is 25.7 Å². The van der Waals surface area contributed by atoms with Crippen LogP contribution in [0, 0.1) is 0 Å². The van der Waals surface area contributed by atoms with E-state index in [2.05, 4.69) is 0 Å². The van der Waals surface area contributed by atoms with Crippen LogP contribution >= 0.6 is 0 Å². The van der Waals surface area contributed by atoms with Crippen molar-refractivity contribution in [3.05, 3.63) is 29.3 Å². The van der Waals surface area contributed by atoms with Crippen LogP contribution < -0.4 is 5.73 Å². The van der Waals surface area contributed by atoms with Crippen LogP contribution in [0.4, 0.5) is 0 Å². The third-order valence-corrected chi connectivity index (χ3v) is 6.29. The maximum atomic E-state index is 12.9. The molecule has 2 N–H and O–H groups in total. The maximum absolute atomic E-state index is 12.9. The predicted octanol–water partition coefficient (Wildman–Crippen LogP) is 1.83. The van der Waals surface area contributed by atoms with Gasteiger partial charge in [0.05, 0.1) is 4.90 Å². The van der Waals surface area contributed by atoms with Crippen molar-refractivity contribution in [2.45, 2.75) is 44.4 Å². The van der Waals surface area contributed by atoms with E-state index < -0.39 is 15.9 Å². The largest absolute Gasteiger partial charge is 0.366 e. The number of hydrogen-bond donors (Lipinski definition) is 1. The van der Waals surface area contributed by atoms with Crippen LogP contribution in [0.2, 0.25) is 0 Å². The first-order chi connectivity index (χ1) is 12.3. The van der Waals surface area contributed by atoms with Gasteiger partial charge in [0.1, 0.15) is 0 Å². The minimum atomic E-state index is -3.75. The molecule has 2 rings (SSSR count). The zero-order valence-corrected chi connectivity index (χ0v) is 16.2. The van der Waals surface area contributed by atoms with Crippen molar-refractivity contribution in [3.8, 4) is 0 Å². The third-order valence-electron chi connectivity index (χ3n) is 4.42. The number of rotatable bonds is 8. The molecule has 0 aliphatic carbocycles. The standard InChI is InChI=1S/C18H27N3O4S/c1-3-7-20(8-4-2)18(23)15-11-14(17(19)22)12-16(13-15)26(24,25)21-9-5-6-10-21/h11-13H,3-10H2,1-2H3,(H2,19,22). The van der Waals surface area contributed by atoms with Gasteiger partial charge < -0.3 is 10.6 Å². The quantitative estimate of drug-likeness (QED) is 0.742. The van der Waals surface area contributed by atoms with E-state index in [1.54, 1.807) is 4.90 Å². The van der Waals surface area contributed by atoms with E-state index in [9.17, 15) is 18.0 Å². The Labute approximate surface area is 155 Å². The number of nitrogens with two attached hydrogens (primary N) is 1. The second-order valence-corrected chi connectivity index (χ2v) is 8.45. The van der Waals surface area contributed by atoms with Gasteiger partial charge in [-0.05, 0) is 43.9 Å². The lowest BCUT2D eigenvalue weighted by molar-refractivity contribution is 0.0755. The van der Waals surface area contributed by atoms with Crippen LogP contribution in [-0.4, -0.2) is 55.6 Å². The Morgan fingerprint density at radius 2 is 1.58 bits per heavy atom. The van der Waals surface area contributed by atoms with Crippen LogP contribution in [0.3, 0.4) is 0 Å². The van der Waals surface area contributed by atoms with Crippen LogP contribution in [0.15, 0.2) is 23.1 Å². The Bertz CT molecular complexity index is 765. The van der Waals surface area contributed by atoms with Gasteiger partial charge in [-0.15, -0.1) is 0 Å². The molecule has 1 saturated heterocycles. The fraction of sp³-hybridized carbons (Fsp3) is 0.556. The summed E-state index contributed by atoms with van der Waals surface area (Å²) in [6, 6.07) is 4.00. The molecular formula is C18H27N3O4S. The maximum Gasteiger partial charge on any atom is 0.253 e. The molecule has 0 aromatic heterocycles. The fourth-order valence-electron chi connectivity index (χ4n) is 3.13. The summed E-state index contributed by atoms with van der Waals surface area (Å²) < 4.78 is 27.1. The SMILES string of the molecule is CCCN(CCC)C(=O)c1cc(C(N)=O)cc(S(=O)(=O)N2CCCC2)c1. The van der Waals surface area contributed by atoms with E-state index in [1.165, 1.54) is 22.5 Å². The van der Waals surface area contributed by atoms with Gasteiger partial charge >= 0.3 is 0 Å². The number of hydrogen-bond acceptors (Lipinski definition) is 4. The molecule has 26 heavy (non-hydrogen) atoms. The van der Waals surface area contributed by atoms with Crippen molar-refractivity contribution in [1.82, 2.24) is 9.21 Å². The lowest BCUT2D eigenvalue weighted by atomic mass is 10.1. The van der Waals surface area contributed by atoms with Crippen molar-refractivity contribution in [1.29, 1.82) is 0 Å². The molecule has 0 spiro atoms. The number of amides is 2. The first kappa shape index (κ1) is 20.4. The Hall–Kier alpha value is -1.93. The fourth-order valence-corrected chi connectivity index (χ4v) is 4.72. The Morgan fingerprint density at radius 3 is 2.08 bits per heavy atom. The van der Waals surface area contributed by atoms with Gasteiger partial charge in [0.25, 0.3) is 5.91 Å². The molecule has 144 valence electrons. The normalized spacial score (nSPS) is 15.2. The van der Waals surface area contributed by atoms with Crippen LogP contribution in [0.5, 0.6) is 0 Å². The number of carbonyl (C=O) groups is 2. The average molecular weight is 381 g/mol. The zero-order valence-electron chi connectivity index (χ0n) is 15.4. The molecule has 0 unspecified atom stereocenters. The molecule has 2 amide bonds. The molecule has 1 heterocycles. The van der Waals surface area contributed by atoms with E-state index in [0.29, 0.717) is 26.2 Å². The highest BCUT2D eigenvalue weighted by molar-refractivity contribution is 7.89. The molecule has 1 aliphatic heterocycles. The first-order valence-electron chi connectivity index (χ1n) is 9.05. The summed E-state index contributed by atoms with van der Waals surface area (Å²) in [6.07, 6.45) is 3.20. The zero-order chi connectivity index (χ0) is 19.3. The van der Waals surface area contributed by atoms with E-state index >= 15 is 0 Å². The van der Waals surface area contributed by atoms with Crippen molar-refractivity contribution < 1.29 is 18.0 Å². The molecule has 1 aliphatic rings. The smallest absolute Gasteiger partial charge is 0.253 e. The summed E-state index contributed by atoms with van der Waals surface area (Å²) >= 11 is 0. The van der Waals surface area contributed by atoms with Gasteiger partial charge in [-0.1, -0.05) is 13.8 Å². The molecule has 1 aromatic rings. The van der Waals surface area contributed by atoms with Gasteiger partial charge in [0.15, 0.2) is 0 Å². The minimum absolute atomic E-state index is 0.0292. The van der Waals surface area contributed by atoms with Gasteiger partial charge in [-0.2, -0.15) is 4.31 Å².